The Kier molecular flexibility index (Phi) is 6.05. The lowest BCUT2D eigenvalue weighted by Crippen LogP contribution is -2.14. The molecule has 0 aliphatic heterocycles. The average molecular weight is 266 g/mol. The van der Waals surface area contributed by atoms with E-state index in [1.165, 1.54) is 0 Å². The largest absolute Gasteiger partial charge is 0.481 e. The summed E-state index contributed by atoms with van der Waals surface area (Å²) >= 11 is 0. The first kappa shape index (κ1) is 15.2. The Morgan fingerprint density at radius 2 is 2.21 bits per heavy atom. The molecule has 1 rings (SSSR count). The molecule has 2 N–H and O–H groups in total. The van der Waals surface area contributed by atoms with Crippen LogP contribution in [0.15, 0.2) is 12.3 Å². The molecule has 6 heteroatoms. The van der Waals surface area contributed by atoms with E-state index in [1.807, 2.05) is 25.1 Å². The molecule has 1 aromatic rings. The van der Waals surface area contributed by atoms with Crippen LogP contribution in [0.2, 0.25) is 0 Å². The molecule has 0 aromatic carbocycles. The van der Waals surface area contributed by atoms with Crippen molar-refractivity contribution < 1.29 is 9.90 Å². The fraction of sp³-hybridized carbons (Fsp3) is 0.615. The van der Waals surface area contributed by atoms with Crippen LogP contribution in [0.5, 0.6) is 0 Å². The van der Waals surface area contributed by atoms with Gasteiger partial charge in [-0.25, -0.2) is 4.98 Å². The zero-order valence-electron chi connectivity index (χ0n) is 11.8. The molecule has 0 radical (unpaired) electrons. The van der Waals surface area contributed by atoms with Gasteiger partial charge >= 0.3 is 5.97 Å². The Hall–Kier alpha value is -1.85. The van der Waals surface area contributed by atoms with Gasteiger partial charge in [0.1, 0.15) is 5.82 Å². The number of rotatable bonds is 8. The SMILES string of the molecule is CC(CCNc1ccnc(N(C)C)n1)CCC(=O)O. The van der Waals surface area contributed by atoms with Gasteiger partial charge in [-0.1, -0.05) is 6.92 Å². The van der Waals surface area contributed by atoms with Crippen molar-refractivity contribution in [3.63, 3.8) is 0 Å². The molecule has 0 aliphatic carbocycles. The van der Waals surface area contributed by atoms with Crippen LogP contribution in [0.1, 0.15) is 26.2 Å². The molecule has 0 saturated carbocycles. The molecule has 6 nitrogen and oxygen atoms in total. The first-order valence-electron chi connectivity index (χ1n) is 6.45. The summed E-state index contributed by atoms with van der Waals surface area (Å²) in [6.45, 7) is 2.85. The highest BCUT2D eigenvalue weighted by molar-refractivity contribution is 5.66. The van der Waals surface area contributed by atoms with Crippen LogP contribution in [-0.4, -0.2) is 41.7 Å². The normalized spacial score (nSPS) is 11.9. The lowest BCUT2D eigenvalue weighted by molar-refractivity contribution is -0.137. The van der Waals surface area contributed by atoms with E-state index in [-0.39, 0.29) is 6.42 Å². The van der Waals surface area contributed by atoms with Crippen molar-refractivity contribution in [1.82, 2.24) is 9.97 Å². The molecule has 1 aromatic heterocycles. The second-order valence-electron chi connectivity index (χ2n) is 4.89. The predicted octanol–water partition coefficient (Wildman–Crippen LogP) is 1.85. The number of carbonyl (C=O) groups is 1. The van der Waals surface area contributed by atoms with Gasteiger partial charge in [0.2, 0.25) is 5.95 Å². The van der Waals surface area contributed by atoms with E-state index in [0.717, 1.165) is 18.8 Å². The summed E-state index contributed by atoms with van der Waals surface area (Å²) in [5.74, 6) is 1.12. The van der Waals surface area contributed by atoms with Crippen molar-refractivity contribution in [3.8, 4) is 0 Å². The number of nitrogens with one attached hydrogen (secondary N) is 1. The van der Waals surface area contributed by atoms with E-state index in [4.69, 9.17) is 5.11 Å². The maximum absolute atomic E-state index is 10.5. The standard InChI is InChI=1S/C13H22N4O2/c1-10(4-5-12(18)19)6-8-14-11-7-9-15-13(16-11)17(2)3/h7,9-10H,4-6,8H2,1-3H3,(H,18,19)(H,14,15,16). The van der Waals surface area contributed by atoms with Gasteiger partial charge in [0.05, 0.1) is 0 Å². The lowest BCUT2D eigenvalue weighted by atomic mass is 10.0. The topological polar surface area (TPSA) is 78.4 Å². The Morgan fingerprint density at radius 1 is 1.47 bits per heavy atom. The Balaban J connectivity index is 2.32. The zero-order valence-corrected chi connectivity index (χ0v) is 11.8. The van der Waals surface area contributed by atoms with E-state index in [2.05, 4.69) is 22.2 Å². The molecule has 0 aliphatic rings. The molecule has 1 unspecified atom stereocenters. The van der Waals surface area contributed by atoms with E-state index < -0.39 is 5.97 Å². The Labute approximate surface area is 113 Å². The van der Waals surface area contributed by atoms with Crippen molar-refractivity contribution in [3.05, 3.63) is 12.3 Å². The highest BCUT2D eigenvalue weighted by Gasteiger charge is 2.06. The highest BCUT2D eigenvalue weighted by atomic mass is 16.4. The summed E-state index contributed by atoms with van der Waals surface area (Å²) in [7, 11) is 3.79. The summed E-state index contributed by atoms with van der Waals surface area (Å²) < 4.78 is 0. The van der Waals surface area contributed by atoms with Gasteiger partial charge in [-0.2, -0.15) is 4.98 Å². The molecule has 0 saturated heterocycles. The summed E-state index contributed by atoms with van der Waals surface area (Å²) in [5, 5.41) is 11.8. The smallest absolute Gasteiger partial charge is 0.303 e. The van der Waals surface area contributed by atoms with Crippen LogP contribution in [-0.2, 0) is 4.79 Å². The molecule has 1 heterocycles. The maximum Gasteiger partial charge on any atom is 0.303 e. The van der Waals surface area contributed by atoms with Gasteiger partial charge in [0.25, 0.3) is 0 Å². The van der Waals surface area contributed by atoms with E-state index in [9.17, 15) is 4.79 Å². The third-order valence-electron chi connectivity index (χ3n) is 2.84. The summed E-state index contributed by atoms with van der Waals surface area (Å²) in [6, 6.07) is 1.83. The summed E-state index contributed by atoms with van der Waals surface area (Å²) in [6.07, 6.45) is 3.59. The molecule has 0 bridgehead atoms. The van der Waals surface area contributed by atoms with E-state index in [1.54, 1.807) is 6.20 Å². The second-order valence-corrected chi connectivity index (χ2v) is 4.89. The van der Waals surface area contributed by atoms with Crippen molar-refractivity contribution in [2.45, 2.75) is 26.2 Å². The molecular weight excluding hydrogens is 244 g/mol. The maximum atomic E-state index is 10.5. The van der Waals surface area contributed by atoms with Gasteiger partial charge < -0.3 is 15.3 Å². The quantitative estimate of drug-likeness (QED) is 0.747. The van der Waals surface area contributed by atoms with Crippen molar-refractivity contribution >= 4 is 17.7 Å². The van der Waals surface area contributed by atoms with Crippen LogP contribution < -0.4 is 10.2 Å². The Morgan fingerprint density at radius 3 is 2.84 bits per heavy atom. The van der Waals surface area contributed by atoms with Gasteiger partial charge in [0, 0.05) is 33.3 Å². The molecule has 19 heavy (non-hydrogen) atoms. The fourth-order valence-corrected chi connectivity index (χ4v) is 1.62. The second kappa shape index (κ2) is 7.56. The predicted molar refractivity (Wildman–Crippen MR) is 75.5 cm³/mol. The fourth-order valence-electron chi connectivity index (χ4n) is 1.62. The number of anilines is 2. The van der Waals surface area contributed by atoms with Gasteiger partial charge in [0.15, 0.2) is 0 Å². The molecule has 1 atom stereocenters. The highest BCUT2D eigenvalue weighted by Crippen LogP contribution is 2.12. The van der Waals surface area contributed by atoms with E-state index in [0.29, 0.717) is 18.3 Å². The van der Waals surface area contributed by atoms with Gasteiger partial charge in [-0.3, -0.25) is 4.79 Å². The monoisotopic (exact) mass is 266 g/mol. The van der Waals surface area contributed by atoms with Crippen LogP contribution >= 0.6 is 0 Å². The minimum Gasteiger partial charge on any atom is -0.481 e. The first-order chi connectivity index (χ1) is 8.99. The minimum absolute atomic E-state index is 0.236. The van der Waals surface area contributed by atoms with E-state index >= 15 is 0 Å². The number of carboxylic acid groups (broad SMARTS) is 1. The number of carboxylic acids is 1. The van der Waals surface area contributed by atoms with Gasteiger partial charge in [-0.15, -0.1) is 0 Å². The lowest BCUT2D eigenvalue weighted by Gasteiger charge is -2.13. The number of aromatic nitrogens is 2. The van der Waals surface area contributed by atoms with Gasteiger partial charge in [-0.05, 0) is 24.8 Å². The van der Waals surface area contributed by atoms with Crippen LogP contribution in [0.4, 0.5) is 11.8 Å². The Bertz CT molecular complexity index is 409. The molecule has 106 valence electrons. The van der Waals surface area contributed by atoms with Crippen molar-refractivity contribution in [2.24, 2.45) is 5.92 Å². The minimum atomic E-state index is -0.730. The molecular formula is C13H22N4O2. The summed E-state index contributed by atoms with van der Waals surface area (Å²) in [5.41, 5.74) is 0. The third kappa shape index (κ3) is 6.03. The first-order valence-corrected chi connectivity index (χ1v) is 6.45. The zero-order chi connectivity index (χ0) is 14.3. The van der Waals surface area contributed by atoms with Crippen LogP contribution in [0.3, 0.4) is 0 Å². The molecule has 0 amide bonds. The van der Waals surface area contributed by atoms with Crippen LogP contribution in [0.25, 0.3) is 0 Å². The number of nitrogens with zero attached hydrogens (tertiary/aromatic N) is 3. The molecule has 0 spiro atoms. The third-order valence-corrected chi connectivity index (χ3v) is 2.84. The number of aliphatic carboxylic acids is 1. The van der Waals surface area contributed by atoms with Crippen LogP contribution in [0, 0.1) is 5.92 Å². The van der Waals surface area contributed by atoms with Crippen molar-refractivity contribution in [1.29, 1.82) is 0 Å². The number of hydrogen-bond acceptors (Lipinski definition) is 5. The van der Waals surface area contributed by atoms with Crippen molar-refractivity contribution in [2.75, 3.05) is 30.9 Å². The number of hydrogen-bond donors (Lipinski definition) is 2. The summed E-state index contributed by atoms with van der Waals surface area (Å²) in [4.78, 5) is 20.8. The molecule has 0 fully saturated rings. The average Bonchev–Trinajstić information content (AvgIpc) is 2.36.